The van der Waals surface area contributed by atoms with Crippen LogP contribution in [0, 0.1) is 17.8 Å². The zero-order valence-corrected chi connectivity index (χ0v) is 31.1. The van der Waals surface area contributed by atoms with Gasteiger partial charge in [-0.05, 0) is 53.9 Å². The normalized spacial score (nSPS) is 15.3. The van der Waals surface area contributed by atoms with Crippen LogP contribution in [0.4, 0.5) is 0 Å². The summed E-state index contributed by atoms with van der Waals surface area (Å²) in [5.74, 6) is -3.59. The van der Waals surface area contributed by atoms with Crippen molar-refractivity contribution in [2.45, 2.75) is 117 Å². The van der Waals surface area contributed by atoms with Crippen LogP contribution in [0.1, 0.15) is 85.3 Å². The molecule has 2 aromatic carbocycles. The predicted octanol–water partition coefficient (Wildman–Crippen LogP) is 3.78. The molecule has 0 saturated heterocycles. The average Bonchev–Trinajstić information content (AvgIpc) is 3.10. The van der Waals surface area contributed by atoms with Crippen LogP contribution in [-0.2, 0) is 36.8 Å². The number of carboxylic acid groups (broad SMARTS) is 1. The van der Waals surface area contributed by atoms with Crippen molar-refractivity contribution in [2.75, 3.05) is 6.61 Å². The van der Waals surface area contributed by atoms with Gasteiger partial charge in [0.15, 0.2) is 0 Å². The standard InChI is InChI=1S/C39H58N4O8/c1-8-19-51-29-18-14-17-28(20-29)22-32(45)41-35(25(6)9-2)37(47)40-30(21-27-15-12-11-13-16-27)31(44)23-33(46)42-36(26(7)10-3)38(48)43-34(24(4)5)39(49)50/h11-18,20,24-26,30-31,34-36,44H,8-10,19,21-23H2,1-7H3,(H,40,47)(H,41,45)(H,42,46)(H,43,48)(H,49,50)/t25-,26-,30?,31?,34-,35-,36-/m0/s1. The maximum Gasteiger partial charge on any atom is 0.326 e. The fourth-order valence-corrected chi connectivity index (χ4v) is 5.52. The van der Waals surface area contributed by atoms with Crippen LogP contribution in [0.3, 0.4) is 0 Å². The van der Waals surface area contributed by atoms with E-state index < -0.39 is 60.4 Å². The lowest BCUT2D eigenvalue weighted by molar-refractivity contribution is -0.143. The molecule has 2 aromatic rings. The van der Waals surface area contributed by atoms with E-state index in [0.717, 1.165) is 17.5 Å². The highest BCUT2D eigenvalue weighted by molar-refractivity contribution is 5.91. The number of nitrogens with one attached hydrogen (secondary N) is 4. The lowest BCUT2D eigenvalue weighted by atomic mass is 9.94. The first-order valence-electron chi connectivity index (χ1n) is 18.1. The van der Waals surface area contributed by atoms with Gasteiger partial charge in [-0.15, -0.1) is 0 Å². The Kier molecular flexibility index (Phi) is 18.2. The van der Waals surface area contributed by atoms with Crippen LogP contribution in [-0.4, -0.2) is 76.7 Å². The molecular weight excluding hydrogens is 652 g/mol. The summed E-state index contributed by atoms with van der Waals surface area (Å²) < 4.78 is 5.69. The molecule has 7 atom stereocenters. The van der Waals surface area contributed by atoms with Gasteiger partial charge in [0.2, 0.25) is 23.6 Å². The number of aliphatic carboxylic acids is 1. The van der Waals surface area contributed by atoms with Crippen LogP contribution in [0.15, 0.2) is 54.6 Å². The van der Waals surface area contributed by atoms with Crippen molar-refractivity contribution in [3.05, 3.63) is 65.7 Å². The molecule has 0 aliphatic rings. The molecule has 2 rings (SSSR count). The van der Waals surface area contributed by atoms with Gasteiger partial charge in [-0.3, -0.25) is 19.2 Å². The summed E-state index contributed by atoms with van der Waals surface area (Å²) in [6.45, 7) is 13.3. The number of ether oxygens (including phenoxy) is 1. The molecule has 51 heavy (non-hydrogen) atoms. The molecule has 0 spiro atoms. The van der Waals surface area contributed by atoms with Gasteiger partial charge in [0, 0.05) is 0 Å². The van der Waals surface area contributed by atoms with Gasteiger partial charge in [-0.1, -0.05) is 104 Å². The molecular formula is C39H58N4O8. The van der Waals surface area contributed by atoms with E-state index >= 15 is 0 Å². The zero-order chi connectivity index (χ0) is 38.1. The second-order valence-corrected chi connectivity index (χ2v) is 13.7. The van der Waals surface area contributed by atoms with Crippen molar-refractivity contribution in [1.82, 2.24) is 21.3 Å². The minimum absolute atomic E-state index is 0.0368. The number of hydrogen-bond donors (Lipinski definition) is 6. The van der Waals surface area contributed by atoms with Crippen molar-refractivity contribution in [2.24, 2.45) is 17.8 Å². The van der Waals surface area contributed by atoms with Gasteiger partial charge < -0.3 is 36.2 Å². The van der Waals surface area contributed by atoms with Crippen LogP contribution < -0.4 is 26.0 Å². The number of carbonyl (C=O) groups excluding carboxylic acids is 4. The summed E-state index contributed by atoms with van der Waals surface area (Å²) in [5, 5.41) is 32.0. The predicted molar refractivity (Wildman–Crippen MR) is 196 cm³/mol. The zero-order valence-electron chi connectivity index (χ0n) is 31.1. The molecule has 6 N–H and O–H groups in total. The van der Waals surface area contributed by atoms with Crippen molar-refractivity contribution < 1.29 is 38.9 Å². The Morgan fingerprint density at radius 2 is 1.27 bits per heavy atom. The maximum absolute atomic E-state index is 13.8. The number of carbonyl (C=O) groups is 5. The van der Waals surface area contributed by atoms with E-state index in [1.807, 2.05) is 76.2 Å². The van der Waals surface area contributed by atoms with E-state index in [4.69, 9.17) is 4.74 Å². The van der Waals surface area contributed by atoms with E-state index in [2.05, 4.69) is 21.3 Å². The third-order valence-electron chi connectivity index (χ3n) is 9.08. The Balaban J connectivity index is 2.24. The Labute approximate surface area is 302 Å². The third-order valence-corrected chi connectivity index (χ3v) is 9.08. The van der Waals surface area contributed by atoms with Crippen LogP contribution in [0.5, 0.6) is 5.75 Å². The SMILES string of the molecule is CCCOc1cccc(CC(=O)N[C@H](C(=O)NC(Cc2ccccc2)C(O)CC(=O)N[C@H](C(=O)N[C@H](C(=O)O)C(C)C)[C@@H](C)CC)[C@@H](C)CC)c1. The van der Waals surface area contributed by atoms with Crippen molar-refractivity contribution >= 4 is 29.6 Å². The first kappa shape index (κ1) is 42.7. The molecule has 0 fully saturated rings. The van der Waals surface area contributed by atoms with Gasteiger partial charge in [-0.2, -0.15) is 0 Å². The van der Waals surface area contributed by atoms with Crippen molar-refractivity contribution in [3.63, 3.8) is 0 Å². The molecule has 0 radical (unpaired) electrons. The quantitative estimate of drug-likeness (QED) is 0.107. The fourth-order valence-electron chi connectivity index (χ4n) is 5.52. The van der Waals surface area contributed by atoms with Crippen molar-refractivity contribution in [1.29, 1.82) is 0 Å². The molecule has 0 saturated carbocycles. The Morgan fingerprint density at radius 1 is 0.706 bits per heavy atom. The minimum atomic E-state index is -1.36. The van der Waals surface area contributed by atoms with Gasteiger partial charge in [0.05, 0.1) is 31.6 Å². The second-order valence-electron chi connectivity index (χ2n) is 13.7. The highest BCUT2D eigenvalue weighted by Gasteiger charge is 2.34. The number of aliphatic hydroxyl groups is 1. The third kappa shape index (κ3) is 14.4. The van der Waals surface area contributed by atoms with E-state index in [9.17, 15) is 34.2 Å². The number of aliphatic hydroxyl groups excluding tert-OH is 1. The van der Waals surface area contributed by atoms with Crippen molar-refractivity contribution in [3.8, 4) is 5.75 Å². The lowest BCUT2D eigenvalue weighted by Gasteiger charge is -2.30. The number of rotatable bonds is 22. The summed E-state index contributed by atoms with van der Waals surface area (Å²) >= 11 is 0. The van der Waals surface area contributed by atoms with E-state index in [0.29, 0.717) is 25.2 Å². The summed E-state index contributed by atoms with van der Waals surface area (Å²) in [6, 6.07) is 12.4. The molecule has 0 aliphatic heterocycles. The first-order valence-corrected chi connectivity index (χ1v) is 18.1. The molecule has 12 heteroatoms. The molecule has 4 amide bonds. The molecule has 0 aromatic heterocycles. The van der Waals surface area contributed by atoms with Gasteiger partial charge >= 0.3 is 5.97 Å². The number of hydrogen-bond acceptors (Lipinski definition) is 7. The number of carboxylic acids is 1. The van der Waals surface area contributed by atoms with Gasteiger partial charge in [0.25, 0.3) is 0 Å². The summed E-state index contributed by atoms with van der Waals surface area (Å²) in [4.78, 5) is 65.3. The van der Waals surface area contributed by atoms with Crippen LogP contribution in [0.25, 0.3) is 0 Å². The first-order chi connectivity index (χ1) is 24.2. The average molecular weight is 711 g/mol. The summed E-state index contributed by atoms with van der Waals surface area (Å²) in [7, 11) is 0. The van der Waals surface area contributed by atoms with Crippen LogP contribution >= 0.6 is 0 Å². The topological polar surface area (TPSA) is 183 Å². The summed E-state index contributed by atoms with van der Waals surface area (Å²) in [6.07, 6.45) is 0.382. The highest BCUT2D eigenvalue weighted by atomic mass is 16.5. The molecule has 12 nitrogen and oxygen atoms in total. The van der Waals surface area contributed by atoms with E-state index in [-0.39, 0.29) is 36.5 Å². The lowest BCUT2D eigenvalue weighted by Crippen LogP contribution is -2.57. The fraction of sp³-hybridized carbons (Fsp3) is 0.564. The minimum Gasteiger partial charge on any atom is -0.494 e. The Bertz CT molecular complexity index is 1420. The maximum atomic E-state index is 13.8. The largest absolute Gasteiger partial charge is 0.494 e. The molecule has 2 unspecified atom stereocenters. The molecule has 282 valence electrons. The Morgan fingerprint density at radius 3 is 1.82 bits per heavy atom. The second kappa shape index (κ2) is 21.7. The number of amides is 4. The van der Waals surface area contributed by atoms with Crippen LogP contribution in [0.2, 0.25) is 0 Å². The monoisotopic (exact) mass is 710 g/mol. The number of benzene rings is 2. The molecule has 0 heterocycles. The Hall–Kier alpha value is -4.45. The molecule has 0 aliphatic carbocycles. The smallest absolute Gasteiger partial charge is 0.326 e. The van der Waals surface area contributed by atoms with Gasteiger partial charge in [-0.25, -0.2) is 4.79 Å². The van der Waals surface area contributed by atoms with Gasteiger partial charge in [0.1, 0.15) is 23.9 Å². The van der Waals surface area contributed by atoms with E-state index in [1.54, 1.807) is 26.8 Å². The van der Waals surface area contributed by atoms with E-state index in [1.165, 1.54) is 0 Å². The molecule has 0 bridgehead atoms. The highest BCUT2D eigenvalue weighted by Crippen LogP contribution is 2.17. The summed E-state index contributed by atoms with van der Waals surface area (Å²) in [5.41, 5.74) is 1.54.